The standard InChI is InChI=1S/C47H54O10/c1-46(2)54-41-37(53-45-44(43(41)55-46)56-47(3,4)57-45)26-25-36-39(49-28-33-19-11-6-12-20-33)42(51-30-35-23-15-8-16-24-35)40(50-29-34-21-13-7-14-22-34)38(52-36)31-48-27-32-17-9-5-10-18-32/h5-26,36-45H,27-31H2,1-4H3/b26-25-/t36-,37+,38+,39-,40+,41-,42+,43-,44+,45+/m0/s1. The summed E-state index contributed by atoms with van der Waals surface area (Å²) in [6, 6.07) is 40.5. The lowest BCUT2D eigenvalue weighted by molar-refractivity contribution is -0.263. The highest BCUT2D eigenvalue weighted by atomic mass is 16.9. The zero-order valence-electron chi connectivity index (χ0n) is 33.1. The Morgan fingerprint density at radius 3 is 1.46 bits per heavy atom. The van der Waals surface area contributed by atoms with E-state index >= 15 is 0 Å². The summed E-state index contributed by atoms with van der Waals surface area (Å²) in [6.45, 7) is 9.30. The van der Waals surface area contributed by atoms with Crippen molar-refractivity contribution in [2.45, 2.75) is 127 Å². The van der Waals surface area contributed by atoms with Gasteiger partial charge in [0.2, 0.25) is 0 Å². The van der Waals surface area contributed by atoms with E-state index in [1.807, 2.05) is 125 Å². The molecule has 4 aromatic carbocycles. The Bertz CT molecular complexity index is 1860. The Morgan fingerprint density at radius 2 is 0.895 bits per heavy atom. The largest absolute Gasteiger partial charge is 0.374 e. The van der Waals surface area contributed by atoms with E-state index in [0.717, 1.165) is 22.3 Å². The first kappa shape index (κ1) is 40.0. The predicted molar refractivity (Wildman–Crippen MR) is 211 cm³/mol. The fraction of sp³-hybridized carbons (Fsp3) is 0.447. The molecule has 57 heavy (non-hydrogen) atoms. The van der Waals surface area contributed by atoms with Crippen LogP contribution in [0.3, 0.4) is 0 Å². The maximum Gasteiger partial charge on any atom is 0.190 e. The zero-order chi connectivity index (χ0) is 39.2. The third-order valence-electron chi connectivity index (χ3n) is 10.6. The first-order valence-corrected chi connectivity index (χ1v) is 20.0. The monoisotopic (exact) mass is 778 g/mol. The molecule has 4 fully saturated rings. The highest BCUT2D eigenvalue weighted by Gasteiger charge is 2.60. The lowest BCUT2D eigenvalue weighted by Gasteiger charge is -2.46. The van der Waals surface area contributed by atoms with Gasteiger partial charge in [-0.3, -0.25) is 0 Å². The van der Waals surface area contributed by atoms with Gasteiger partial charge in [-0.2, -0.15) is 0 Å². The van der Waals surface area contributed by atoms with E-state index in [0.29, 0.717) is 26.4 Å². The van der Waals surface area contributed by atoms with Crippen molar-refractivity contribution in [3.05, 3.63) is 156 Å². The van der Waals surface area contributed by atoms with Crippen LogP contribution in [-0.4, -0.2) is 79.4 Å². The van der Waals surface area contributed by atoms with Crippen LogP contribution in [0.1, 0.15) is 49.9 Å². The van der Waals surface area contributed by atoms with Gasteiger partial charge in [0.1, 0.15) is 54.9 Å². The molecule has 4 saturated heterocycles. The summed E-state index contributed by atoms with van der Waals surface area (Å²) in [4.78, 5) is 0. The van der Waals surface area contributed by atoms with E-state index in [-0.39, 0.29) is 6.61 Å². The second kappa shape index (κ2) is 18.0. The molecular formula is C47H54O10. The van der Waals surface area contributed by atoms with Crippen LogP contribution < -0.4 is 0 Å². The normalized spacial score (nSPS) is 31.6. The summed E-state index contributed by atoms with van der Waals surface area (Å²) in [7, 11) is 0. The fourth-order valence-electron chi connectivity index (χ4n) is 8.00. The van der Waals surface area contributed by atoms with Gasteiger partial charge in [0.05, 0.1) is 33.0 Å². The number of fused-ring (bicyclic) bond motifs is 3. The third-order valence-corrected chi connectivity index (χ3v) is 10.6. The van der Waals surface area contributed by atoms with Gasteiger partial charge in [0, 0.05) is 0 Å². The van der Waals surface area contributed by atoms with Crippen LogP contribution >= 0.6 is 0 Å². The van der Waals surface area contributed by atoms with Gasteiger partial charge in [-0.15, -0.1) is 0 Å². The van der Waals surface area contributed by atoms with Gasteiger partial charge in [-0.25, -0.2) is 0 Å². The molecule has 8 rings (SSSR count). The summed E-state index contributed by atoms with van der Waals surface area (Å²) in [5.74, 6) is -1.66. The number of rotatable bonds is 15. The Hall–Kier alpha value is -3.78. The first-order chi connectivity index (χ1) is 27.7. The third kappa shape index (κ3) is 10.1. The van der Waals surface area contributed by atoms with Crippen LogP contribution in [0, 0.1) is 0 Å². The van der Waals surface area contributed by atoms with E-state index in [2.05, 4.69) is 36.4 Å². The van der Waals surface area contributed by atoms with Crippen molar-refractivity contribution in [1.29, 1.82) is 0 Å². The topological polar surface area (TPSA) is 92.3 Å². The molecule has 0 aliphatic carbocycles. The van der Waals surface area contributed by atoms with Crippen LogP contribution in [0.2, 0.25) is 0 Å². The number of hydrogen-bond acceptors (Lipinski definition) is 10. The Morgan fingerprint density at radius 1 is 0.456 bits per heavy atom. The van der Waals surface area contributed by atoms with Crippen LogP contribution in [0.5, 0.6) is 0 Å². The van der Waals surface area contributed by atoms with Crippen molar-refractivity contribution in [1.82, 2.24) is 0 Å². The maximum atomic E-state index is 7.05. The van der Waals surface area contributed by atoms with E-state index in [4.69, 9.17) is 47.4 Å². The van der Waals surface area contributed by atoms with Gasteiger partial charge in [-0.05, 0) is 49.9 Å². The molecule has 302 valence electrons. The van der Waals surface area contributed by atoms with E-state index in [1.165, 1.54) is 0 Å². The summed E-state index contributed by atoms with van der Waals surface area (Å²) in [5, 5.41) is 0. The average Bonchev–Trinajstić information content (AvgIpc) is 3.73. The summed E-state index contributed by atoms with van der Waals surface area (Å²) >= 11 is 0. The quantitative estimate of drug-likeness (QED) is 0.112. The SMILES string of the molecule is CC1(C)O[C@H]2[C@@H](O1)[C@@H](/C=C\[C@@H]1O[C@H](COCc3ccccc3)[C@@H](OCc3ccccc3)[C@H](OCc3ccccc3)[C@H]1OCc1ccccc1)O[C@@H]1OC(C)(C)O[C@@H]12. The first-order valence-electron chi connectivity index (χ1n) is 20.0. The van der Waals surface area contributed by atoms with Crippen molar-refractivity contribution in [2.75, 3.05) is 6.61 Å². The minimum absolute atomic E-state index is 0.259. The van der Waals surface area contributed by atoms with Crippen LogP contribution in [0.15, 0.2) is 133 Å². The predicted octanol–water partition coefficient (Wildman–Crippen LogP) is 7.68. The molecule has 10 atom stereocenters. The van der Waals surface area contributed by atoms with Crippen molar-refractivity contribution < 1.29 is 47.4 Å². The van der Waals surface area contributed by atoms with Crippen LogP contribution in [-0.2, 0) is 73.8 Å². The fourth-order valence-corrected chi connectivity index (χ4v) is 8.00. The van der Waals surface area contributed by atoms with Crippen molar-refractivity contribution >= 4 is 0 Å². The minimum atomic E-state index is -0.834. The van der Waals surface area contributed by atoms with Gasteiger partial charge in [0.15, 0.2) is 17.9 Å². The molecule has 0 bridgehead atoms. The Balaban J connectivity index is 1.12. The lowest BCUT2D eigenvalue weighted by Crippen LogP contribution is -2.61. The Kier molecular flexibility index (Phi) is 12.6. The van der Waals surface area contributed by atoms with Gasteiger partial charge in [-0.1, -0.05) is 133 Å². The average molecular weight is 779 g/mol. The van der Waals surface area contributed by atoms with Crippen LogP contribution in [0.25, 0.3) is 0 Å². The highest BCUT2D eigenvalue weighted by Crippen LogP contribution is 2.44. The summed E-state index contributed by atoms with van der Waals surface area (Å²) in [5.41, 5.74) is 4.17. The highest BCUT2D eigenvalue weighted by molar-refractivity contribution is 5.18. The second-order valence-corrected chi connectivity index (χ2v) is 15.9. The van der Waals surface area contributed by atoms with E-state index < -0.39 is 72.8 Å². The number of ether oxygens (including phenoxy) is 10. The molecule has 0 unspecified atom stereocenters. The zero-order valence-corrected chi connectivity index (χ0v) is 33.1. The molecule has 0 aromatic heterocycles. The Labute approximate surface area is 335 Å². The lowest BCUT2D eigenvalue weighted by atomic mass is 9.92. The molecule has 0 N–H and O–H groups in total. The molecule has 10 heteroatoms. The molecular weight excluding hydrogens is 725 g/mol. The molecule has 10 nitrogen and oxygen atoms in total. The maximum absolute atomic E-state index is 7.05. The second-order valence-electron chi connectivity index (χ2n) is 15.9. The minimum Gasteiger partial charge on any atom is -0.374 e. The van der Waals surface area contributed by atoms with E-state index in [9.17, 15) is 0 Å². The smallest absolute Gasteiger partial charge is 0.190 e. The molecule has 0 radical (unpaired) electrons. The molecule has 0 amide bonds. The number of benzene rings is 4. The van der Waals surface area contributed by atoms with Crippen LogP contribution in [0.4, 0.5) is 0 Å². The molecule has 0 saturated carbocycles. The van der Waals surface area contributed by atoms with Gasteiger partial charge >= 0.3 is 0 Å². The molecule has 0 spiro atoms. The summed E-state index contributed by atoms with van der Waals surface area (Å²) in [6.07, 6.45) is -1.28. The molecule has 4 heterocycles. The van der Waals surface area contributed by atoms with Crippen molar-refractivity contribution in [2.24, 2.45) is 0 Å². The van der Waals surface area contributed by atoms with E-state index in [1.54, 1.807) is 0 Å². The number of hydrogen-bond donors (Lipinski definition) is 0. The molecule has 4 aliphatic heterocycles. The van der Waals surface area contributed by atoms with Gasteiger partial charge < -0.3 is 47.4 Å². The van der Waals surface area contributed by atoms with Gasteiger partial charge in [0.25, 0.3) is 0 Å². The summed E-state index contributed by atoms with van der Waals surface area (Å²) < 4.78 is 66.0. The molecule has 4 aromatic rings. The van der Waals surface area contributed by atoms with Crippen molar-refractivity contribution in [3.8, 4) is 0 Å². The molecule has 4 aliphatic rings. The van der Waals surface area contributed by atoms with Crippen molar-refractivity contribution in [3.63, 3.8) is 0 Å².